The summed E-state index contributed by atoms with van der Waals surface area (Å²) >= 11 is 1.40. The van der Waals surface area contributed by atoms with Crippen LogP contribution in [0, 0.1) is 5.82 Å². The van der Waals surface area contributed by atoms with Crippen LogP contribution in [0.5, 0.6) is 0 Å². The molecule has 1 heterocycles. The number of nitrogens with zero attached hydrogens (tertiary/aromatic N) is 1. The van der Waals surface area contributed by atoms with E-state index in [0.29, 0.717) is 12.1 Å². The van der Waals surface area contributed by atoms with Crippen LogP contribution < -0.4 is 5.32 Å². The minimum atomic E-state index is -1.49. The first-order valence-electron chi connectivity index (χ1n) is 7.53. The van der Waals surface area contributed by atoms with E-state index in [4.69, 9.17) is 4.74 Å². The number of halogens is 1. The summed E-state index contributed by atoms with van der Waals surface area (Å²) in [6.07, 6.45) is 0.523. The molecule has 25 heavy (non-hydrogen) atoms. The Labute approximate surface area is 148 Å². The Morgan fingerprint density at radius 3 is 2.64 bits per heavy atom. The molecule has 0 radical (unpaired) electrons. The van der Waals surface area contributed by atoms with Gasteiger partial charge in [0.1, 0.15) is 5.82 Å². The van der Waals surface area contributed by atoms with Gasteiger partial charge in [0.15, 0.2) is 5.54 Å². The number of methoxy groups -OCH3 is 1. The molecule has 1 aromatic carbocycles. The smallest absolute Gasteiger partial charge is 0.331 e. The second-order valence-electron chi connectivity index (χ2n) is 5.83. The molecule has 1 aromatic heterocycles. The number of rotatable bonds is 8. The predicted molar refractivity (Wildman–Crippen MR) is 91.1 cm³/mol. The third-order valence-corrected chi connectivity index (χ3v) is 4.43. The Morgan fingerprint density at radius 2 is 2.04 bits per heavy atom. The van der Waals surface area contributed by atoms with Crippen molar-refractivity contribution >= 4 is 23.2 Å². The van der Waals surface area contributed by atoms with Crippen molar-refractivity contribution in [3.05, 3.63) is 51.7 Å². The number of thiazole rings is 1. The highest BCUT2D eigenvalue weighted by atomic mass is 32.1. The van der Waals surface area contributed by atoms with Gasteiger partial charge in [-0.25, -0.2) is 14.2 Å². The molecule has 0 bridgehead atoms. The third-order valence-electron chi connectivity index (χ3n) is 3.53. The quantitative estimate of drug-likeness (QED) is 0.746. The maximum atomic E-state index is 12.9. The highest BCUT2D eigenvalue weighted by molar-refractivity contribution is 7.09. The summed E-state index contributed by atoms with van der Waals surface area (Å²) in [4.78, 5) is 27.8. The Bertz CT molecular complexity index is 747. The number of carbonyl (C=O) groups excluding carboxylic acids is 1. The van der Waals surface area contributed by atoms with Crippen molar-refractivity contribution in [1.82, 2.24) is 10.3 Å². The zero-order valence-corrected chi connectivity index (χ0v) is 14.7. The number of benzene rings is 1. The van der Waals surface area contributed by atoms with Crippen LogP contribution in [0.4, 0.5) is 4.39 Å². The number of nitrogens with one attached hydrogen (secondary N) is 1. The van der Waals surface area contributed by atoms with Crippen LogP contribution in [0.2, 0.25) is 0 Å². The van der Waals surface area contributed by atoms with E-state index in [0.717, 1.165) is 10.6 Å². The van der Waals surface area contributed by atoms with Crippen molar-refractivity contribution in [2.45, 2.75) is 25.3 Å². The van der Waals surface area contributed by atoms with E-state index in [9.17, 15) is 19.1 Å². The summed E-state index contributed by atoms with van der Waals surface area (Å²) in [5.41, 5.74) is -0.00576. The van der Waals surface area contributed by atoms with Gasteiger partial charge >= 0.3 is 5.97 Å². The highest BCUT2D eigenvalue weighted by Crippen LogP contribution is 2.16. The summed E-state index contributed by atoms with van der Waals surface area (Å²) in [6.45, 7) is 1.25. The molecule has 1 amide bonds. The summed E-state index contributed by atoms with van der Waals surface area (Å²) in [5, 5.41) is 14.3. The zero-order chi connectivity index (χ0) is 18.4. The first kappa shape index (κ1) is 19.0. The number of hydrogen-bond donors (Lipinski definition) is 2. The molecular formula is C17H19FN2O4S. The highest BCUT2D eigenvalue weighted by Gasteiger charge is 2.35. The van der Waals surface area contributed by atoms with Crippen LogP contribution in [0.15, 0.2) is 29.6 Å². The maximum absolute atomic E-state index is 12.9. The number of carboxylic acid groups (broad SMARTS) is 1. The Morgan fingerprint density at radius 1 is 1.36 bits per heavy atom. The summed E-state index contributed by atoms with van der Waals surface area (Å²) in [6, 6.07) is 6.15. The van der Waals surface area contributed by atoms with Crippen molar-refractivity contribution in [2.75, 3.05) is 13.7 Å². The van der Waals surface area contributed by atoms with E-state index in [2.05, 4.69) is 10.3 Å². The predicted octanol–water partition coefficient (Wildman–Crippen LogP) is 2.02. The molecule has 1 atom stereocenters. The molecule has 8 heteroatoms. The number of carbonyl (C=O) groups is 2. The lowest BCUT2D eigenvalue weighted by atomic mass is 10.0. The van der Waals surface area contributed by atoms with Crippen molar-refractivity contribution in [2.24, 2.45) is 0 Å². The molecule has 1 unspecified atom stereocenters. The van der Waals surface area contributed by atoms with Crippen LogP contribution in [0.3, 0.4) is 0 Å². The third kappa shape index (κ3) is 5.33. The number of ether oxygens (including phenoxy) is 1. The fourth-order valence-electron chi connectivity index (χ4n) is 2.24. The van der Waals surface area contributed by atoms with Gasteiger partial charge in [0, 0.05) is 18.9 Å². The van der Waals surface area contributed by atoms with Crippen LogP contribution in [0.25, 0.3) is 0 Å². The van der Waals surface area contributed by atoms with Gasteiger partial charge < -0.3 is 15.2 Å². The topological polar surface area (TPSA) is 88.5 Å². The molecule has 2 rings (SSSR count). The molecule has 0 aliphatic carbocycles. The van der Waals surface area contributed by atoms with E-state index in [1.807, 2.05) is 0 Å². The standard InChI is InChI=1S/C17H19FN2O4S/c1-17(10-24-2,16(22)23)20-14(21)8-13-9-25-15(19-13)7-11-3-5-12(18)6-4-11/h3-6,9H,7-8,10H2,1-2H3,(H,20,21)(H,22,23). The van der Waals surface area contributed by atoms with Crippen molar-refractivity contribution in [3.63, 3.8) is 0 Å². The molecule has 0 spiro atoms. The van der Waals surface area contributed by atoms with Gasteiger partial charge in [-0.1, -0.05) is 12.1 Å². The molecule has 0 fully saturated rings. The van der Waals surface area contributed by atoms with Crippen molar-refractivity contribution in [1.29, 1.82) is 0 Å². The minimum Gasteiger partial charge on any atom is -0.479 e. The first-order valence-corrected chi connectivity index (χ1v) is 8.41. The second-order valence-corrected chi connectivity index (χ2v) is 6.77. The first-order chi connectivity index (χ1) is 11.8. The van der Waals surface area contributed by atoms with Crippen LogP contribution >= 0.6 is 11.3 Å². The van der Waals surface area contributed by atoms with Gasteiger partial charge in [-0.15, -0.1) is 11.3 Å². The summed E-state index contributed by atoms with van der Waals surface area (Å²) < 4.78 is 17.8. The fourth-order valence-corrected chi connectivity index (χ4v) is 3.07. The minimum absolute atomic E-state index is 0.0213. The number of amides is 1. The molecule has 0 saturated carbocycles. The Kier molecular flexibility index (Phi) is 6.22. The Balaban J connectivity index is 1.97. The van der Waals surface area contributed by atoms with E-state index < -0.39 is 17.4 Å². The average molecular weight is 366 g/mol. The van der Waals surface area contributed by atoms with E-state index in [1.165, 1.54) is 37.5 Å². The van der Waals surface area contributed by atoms with Crippen LogP contribution in [-0.2, 0) is 27.2 Å². The van der Waals surface area contributed by atoms with Gasteiger partial charge in [0.05, 0.1) is 23.7 Å². The molecule has 134 valence electrons. The normalized spacial score (nSPS) is 13.2. The van der Waals surface area contributed by atoms with Gasteiger partial charge in [-0.2, -0.15) is 0 Å². The van der Waals surface area contributed by atoms with Gasteiger partial charge in [-0.05, 0) is 24.6 Å². The Hall–Kier alpha value is -2.32. The number of hydrogen-bond acceptors (Lipinski definition) is 5. The molecule has 6 nitrogen and oxygen atoms in total. The maximum Gasteiger partial charge on any atom is 0.331 e. The molecule has 2 aromatic rings. The SMILES string of the molecule is COCC(C)(NC(=O)Cc1csc(Cc2ccc(F)cc2)n1)C(=O)O. The number of aliphatic carboxylic acids is 1. The van der Waals surface area contributed by atoms with Gasteiger partial charge in [0.25, 0.3) is 0 Å². The molecule has 0 saturated heterocycles. The molecule has 0 aliphatic heterocycles. The average Bonchev–Trinajstić information content (AvgIpc) is 2.96. The zero-order valence-electron chi connectivity index (χ0n) is 13.9. The molecular weight excluding hydrogens is 347 g/mol. The van der Waals surface area contributed by atoms with Gasteiger partial charge in [0.2, 0.25) is 5.91 Å². The van der Waals surface area contributed by atoms with Gasteiger partial charge in [-0.3, -0.25) is 4.79 Å². The van der Waals surface area contributed by atoms with E-state index >= 15 is 0 Å². The second kappa shape index (κ2) is 8.17. The molecule has 0 aliphatic rings. The fraction of sp³-hybridized carbons (Fsp3) is 0.353. The lowest BCUT2D eigenvalue weighted by Gasteiger charge is -2.25. The summed E-state index contributed by atoms with van der Waals surface area (Å²) in [7, 11) is 1.37. The van der Waals surface area contributed by atoms with E-state index in [1.54, 1.807) is 17.5 Å². The van der Waals surface area contributed by atoms with Crippen LogP contribution in [0.1, 0.15) is 23.2 Å². The molecule has 2 N–H and O–H groups in total. The lowest BCUT2D eigenvalue weighted by molar-refractivity contribution is -0.149. The largest absolute Gasteiger partial charge is 0.479 e. The van der Waals surface area contributed by atoms with Crippen LogP contribution in [-0.4, -0.2) is 41.2 Å². The number of aromatic nitrogens is 1. The van der Waals surface area contributed by atoms with E-state index in [-0.39, 0.29) is 18.8 Å². The monoisotopic (exact) mass is 366 g/mol. The van der Waals surface area contributed by atoms with Crippen molar-refractivity contribution in [3.8, 4) is 0 Å². The lowest BCUT2D eigenvalue weighted by Crippen LogP contribution is -2.55. The number of carboxylic acids is 1. The van der Waals surface area contributed by atoms with Crippen molar-refractivity contribution < 1.29 is 23.8 Å². The summed E-state index contributed by atoms with van der Waals surface area (Å²) in [5.74, 6) is -1.91.